The number of rotatable bonds is 5. The topological polar surface area (TPSA) is 101 Å². The minimum Gasteiger partial charge on any atom is -0.397 e. The Morgan fingerprint density at radius 3 is 2.42 bits per heavy atom. The number of hydrogen-bond acceptors (Lipinski definition) is 7. The monoisotopic (exact) mass is 497 g/mol. The van der Waals surface area contributed by atoms with Gasteiger partial charge in [0.05, 0.1) is 29.3 Å². The highest BCUT2D eigenvalue weighted by molar-refractivity contribution is 7.21. The smallest absolute Gasteiger partial charge is 0.306 e. The summed E-state index contributed by atoms with van der Waals surface area (Å²) in [5.74, 6) is -0.0821. The SMILES string of the molecule is Nc1c(C(=O)Nc2c[n+](N3CCCCC3)no2)sc2nc(-c3ccccc3)cc(-c3ccccc3)c12. The van der Waals surface area contributed by atoms with Crippen LogP contribution < -0.4 is 20.9 Å². The zero-order valence-electron chi connectivity index (χ0n) is 19.6. The van der Waals surface area contributed by atoms with Crippen molar-refractivity contribution in [1.82, 2.24) is 10.3 Å². The third-order valence-corrected chi connectivity index (χ3v) is 7.47. The molecule has 5 aromatic rings. The molecule has 1 saturated heterocycles. The Kier molecular flexibility index (Phi) is 5.82. The number of piperidine rings is 1. The van der Waals surface area contributed by atoms with Crippen LogP contribution in [0.2, 0.25) is 0 Å². The van der Waals surface area contributed by atoms with Crippen molar-refractivity contribution < 1.29 is 14.1 Å². The molecule has 0 saturated carbocycles. The van der Waals surface area contributed by atoms with Crippen molar-refractivity contribution in [3.63, 3.8) is 0 Å². The molecule has 4 heterocycles. The molecule has 2 aromatic carbocycles. The summed E-state index contributed by atoms with van der Waals surface area (Å²) in [5.41, 5.74) is 10.8. The van der Waals surface area contributed by atoms with Crippen molar-refractivity contribution in [3.05, 3.63) is 77.8 Å². The maximum absolute atomic E-state index is 13.3. The molecule has 0 bridgehead atoms. The number of carbonyl (C=O) groups is 1. The number of amides is 1. The molecule has 180 valence electrons. The molecular weight excluding hydrogens is 472 g/mol. The van der Waals surface area contributed by atoms with Crippen molar-refractivity contribution in [3.8, 4) is 22.4 Å². The van der Waals surface area contributed by atoms with E-state index in [4.69, 9.17) is 15.2 Å². The molecule has 0 radical (unpaired) electrons. The molecule has 1 fully saturated rings. The number of nitrogens with zero attached hydrogens (tertiary/aromatic N) is 4. The minimum atomic E-state index is -0.349. The molecule has 36 heavy (non-hydrogen) atoms. The number of carbonyl (C=O) groups excluding carboxylic acids is 1. The number of benzene rings is 2. The number of nitrogens with one attached hydrogen (secondary N) is 1. The van der Waals surface area contributed by atoms with Crippen LogP contribution in [-0.4, -0.2) is 29.3 Å². The van der Waals surface area contributed by atoms with Gasteiger partial charge in [0.25, 0.3) is 12.1 Å². The Bertz CT molecular complexity index is 1520. The zero-order valence-corrected chi connectivity index (χ0v) is 20.4. The molecule has 3 aromatic heterocycles. The summed E-state index contributed by atoms with van der Waals surface area (Å²) in [6, 6.07) is 22.1. The van der Waals surface area contributed by atoms with Crippen LogP contribution in [-0.2, 0) is 0 Å². The van der Waals surface area contributed by atoms with Crippen molar-refractivity contribution in [2.75, 3.05) is 29.1 Å². The summed E-state index contributed by atoms with van der Waals surface area (Å²) in [7, 11) is 0. The van der Waals surface area contributed by atoms with E-state index in [0.717, 1.165) is 53.7 Å². The van der Waals surface area contributed by atoms with Crippen molar-refractivity contribution >= 4 is 39.0 Å². The quantitative estimate of drug-likeness (QED) is 0.336. The molecule has 6 rings (SSSR count). The summed E-state index contributed by atoms with van der Waals surface area (Å²) in [6.07, 6.45) is 5.13. The van der Waals surface area contributed by atoms with Crippen LogP contribution in [0.15, 0.2) is 77.4 Å². The maximum Gasteiger partial charge on any atom is 0.306 e. The van der Waals surface area contributed by atoms with E-state index < -0.39 is 0 Å². The van der Waals surface area contributed by atoms with E-state index in [1.165, 1.54) is 17.8 Å². The molecule has 1 amide bonds. The van der Waals surface area contributed by atoms with Crippen LogP contribution in [0, 0.1) is 0 Å². The van der Waals surface area contributed by atoms with Gasteiger partial charge in [-0.1, -0.05) is 60.7 Å². The Morgan fingerprint density at radius 1 is 1.00 bits per heavy atom. The van der Waals surface area contributed by atoms with Crippen LogP contribution >= 0.6 is 11.3 Å². The highest BCUT2D eigenvalue weighted by Gasteiger charge is 2.26. The molecule has 1 aliphatic rings. The van der Waals surface area contributed by atoms with Crippen LogP contribution in [0.25, 0.3) is 32.6 Å². The fraction of sp³-hybridized carbons (Fsp3) is 0.185. The fourth-order valence-electron chi connectivity index (χ4n) is 4.57. The maximum atomic E-state index is 13.3. The van der Waals surface area contributed by atoms with Crippen molar-refractivity contribution in [2.45, 2.75) is 19.3 Å². The Morgan fingerprint density at radius 2 is 1.69 bits per heavy atom. The lowest BCUT2D eigenvalue weighted by molar-refractivity contribution is -0.759. The van der Waals surface area contributed by atoms with E-state index in [0.29, 0.717) is 15.4 Å². The fourth-order valence-corrected chi connectivity index (χ4v) is 5.58. The number of hydrogen-bond donors (Lipinski definition) is 2. The summed E-state index contributed by atoms with van der Waals surface area (Å²) >= 11 is 1.28. The molecule has 3 N–H and O–H groups in total. The lowest BCUT2D eigenvalue weighted by Crippen LogP contribution is -2.60. The standard InChI is InChI=1S/C27H24N6O2S/c28-24-23-20(18-10-4-1-5-11-18)16-21(19-12-6-2-7-13-19)29-27(23)36-25(24)26(34)30-22-17-33(31-35-22)32-14-8-3-9-15-32/h1-2,4-7,10-13,16-17H,3,8-9,14-15H2,(H2-,28,30,31,34)/p+1. The Balaban J connectivity index is 1.38. The molecule has 0 spiro atoms. The van der Waals surface area contributed by atoms with Gasteiger partial charge in [-0.15, -0.1) is 11.3 Å². The molecular formula is C27H25N6O2S+. The van der Waals surface area contributed by atoms with Crippen LogP contribution in [0.3, 0.4) is 0 Å². The lowest BCUT2D eigenvalue weighted by atomic mass is 9.99. The summed E-state index contributed by atoms with van der Waals surface area (Å²) in [4.78, 5) is 20.9. The number of pyridine rings is 1. The van der Waals surface area contributed by atoms with Gasteiger partial charge in [0.2, 0.25) is 5.27 Å². The first-order chi connectivity index (χ1) is 17.7. The van der Waals surface area contributed by atoms with Crippen molar-refractivity contribution in [1.29, 1.82) is 0 Å². The van der Waals surface area contributed by atoms with Gasteiger partial charge >= 0.3 is 5.88 Å². The first-order valence-electron chi connectivity index (χ1n) is 12.0. The highest BCUT2D eigenvalue weighted by Crippen LogP contribution is 2.41. The number of anilines is 2. The predicted molar refractivity (Wildman–Crippen MR) is 141 cm³/mol. The zero-order chi connectivity index (χ0) is 24.5. The third kappa shape index (κ3) is 4.18. The number of nitrogen functional groups attached to an aromatic ring is 1. The molecule has 0 atom stereocenters. The van der Waals surface area contributed by atoms with E-state index in [2.05, 4.69) is 15.6 Å². The highest BCUT2D eigenvalue weighted by atomic mass is 32.1. The van der Waals surface area contributed by atoms with Gasteiger partial charge in [-0.25, -0.2) is 4.98 Å². The van der Waals surface area contributed by atoms with Crippen LogP contribution in [0.4, 0.5) is 11.6 Å². The Hall–Kier alpha value is -4.24. The van der Waals surface area contributed by atoms with Crippen LogP contribution in [0.1, 0.15) is 28.9 Å². The second kappa shape index (κ2) is 9.43. The Labute approximate surface area is 211 Å². The summed E-state index contributed by atoms with van der Waals surface area (Å²) in [5, 5.41) is 9.75. The summed E-state index contributed by atoms with van der Waals surface area (Å²) in [6.45, 7) is 1.82. The number of nitrogens with two attached hydrogens (primary N) is 1. The minimum absolute atomic E-state index is 0.267. The predicted octanol–water partition coefficient (Wildman–Crippen LogP) is 4.86. The van der Waals surface area contributed by atoms with E-state index in [1.807, 2.05) is 66.7 Å². The average molecular weight is 498 g/mol. The van der Waals surface area contributed by atoms with Gasteiger partial charge in [-0.2, -0.15) is 5.01 Å². The summed E-state index contributed by atoms with van der Waals surface area (Å²) < 4.78 is 5.38. The number of fused-ring (bicyclic) bond motifs is 1. The molecule has 0 unspecified atom stereocenters. The average Bonchev–Trinajstić information content (AvgIpc) is 3.54. The van der Waals surface area contributed by atoms with E-state index >= 15 is 0 Å². The van der Waals surface area contributed by atoms with Gasteiger partial charge in [0.15, 0.2) is 0 Å². The molecule has 1 aliphatic heterocycles. The van der Waals surface area contributed by atoms with Gasteiger partial charge in [-0.3, -0.25) is 14.6 Å². The van der Waals surface area contributed by atoms with Gasteiger partial charge in [-0.05, 0) is 36.5 Å². The second-order valence-corrected chi connectivity index (χ2v) is 9.77. The second-order valence-electron chi connectivity index (χ2n) is 8.77. The van der Waals surface area contributed by atoms with Gasteiger partial charge < -0.3 is 5.73 Å². The normalized spacial score (nSPS) is 13.7. The third-order valence-electron chi connectivity index (χ3n) is 6.37. The van der Waals surface area contributed by atoms with Crippen molar-refractivity contribution in [2.24, 2.45) is 0 Å². The van der Waals surface area contributed by atoms with Crippen LogP contribution in [0.5, 0.6) is 0 Å². The first-order valence-corrected chi connectivity index (χ1v) is 12.8. The van der Waals surface area contributed by atoms with E-state index in [-0.39, 0.29) is 11.8 Å². The van der Waals surface area contributed by atoms with Gasteiger partial charge in [0.1, 0.15) is 9.71 Å². The molecule has 8 nitrogen and oxygen atoms in total. The number of thiophene rings is 1. The molecule has 9 heteroatoms. The van der Waals surface area contributed by atoms with E-state index in [1.54, 1.807) is 11.0 Å². The lowest BCUT2D eigenvalue weighted by Gasteiger charge is -2.17. The van der Waals surface area contributed by atoms with E-state index in [9.17, 15) is 4.79 Å². The largest absolute Gasteiger partial charge is 0.397 e. The number of aromatic nitrogens is 3. The first kappa shape index (κ1) is 22.2. The van der Waals surface area contributed by atoms with Gasteiger partial charge in [0, 0.05) is 10.9 Å². The molecule has 0 aliphatic carbocycles.